The molecule has 2 nitrogen and oxygen atoms in total. The molecule has 13 heavy (non-hydrogen) atoms. The Morgan fingerprint density at radius 2 is 2.54 bits per heavy atom. The van der Waals surface area contributed by atoms with Gasteiger partial charge in [0.15, 0.2) is 0 Å². The van der Waals surface area contributed by atoms with Crippen molar-refractivity contribution in [2.24, 2.45) is 5.41 Å². The molecule has 1 fully saturated rings. The van der Waals surface area contributed by atoms with E-state index in [0.717, 1.165) is 11.3 Å². The van der Waals surface area contributed by atoms with Gasteiger partial charge in [-0.05, 0) is 11.6 Å². The molecule has 1 aliphatic heterocycles. The fourth-order valence-electron chi connectivity index (χ4n) is 1.90. The highest BCUT2D eigenvalue weighted by Crippen LogP contribution is 2.38. The highest BCUT2D eigenvalue weighted by Gasteiger charge is 2.38. The summed E-state index contributed by atoms with van der Waals surface area (Å²) < 4.78 is 13.1. The van der Waals surface area contributed by atoms with Gasteiger partial charge >= 0.3 is 0 Å². The Bertz CT molecular complexity index is 285. The molecule has 2 aliphatic rings. The van der Waals surface area contributed by atoms with Crippen LogP contribution in [0.5, 0.6) is 0 Å². The Morgan fingerprint density at radius 1 is 1.77 bits per heavy atom. The minimum atomic E-state index is -0.885. The lowest BCUT2D eigenvalue weighted by Gasteiger charge is -2.23. The third-order valence-electron chi connectivity index (χ3n) is 2.85. The van der Waals surface area contributed by atoms with Crippen molar-refractivity contribution < 1.29 is 9.50 Å². The van der Waals surface area contributed by atoms with E-state index in [4.69, 9.17) is 0 Å². The Morgan fingerprint density at radius 3 is 3.23 bits per heavy atom. The molecule has 0 saturated carbocycles. The molecule has 2 unspecified atom stereocenters. The van der Waals surface area contributed by atoms with Crippen LogP contribution in [0.15, 0.2) is 23.4 Å². The molecular formula is C10H14FNO. The Hall–Kier alpha value is -0.830. The molecule has 0 aromatic heterocycles. The molecule has 2 N–H and O–H groups in total. The van der Waals surface area contributed by atoms with E-state index in [-0.39, 0.29) is 12.0 Å². The molecule has 0 aromatic carbocycles. The van der Waals surface area contributed by atoms with Crippen molar-refractivity contribution in [2.75, 3.05) is 13.2 Å². The highest BCUT2D eigenvalue weighted by atomic mass is 19.1. The van der Waals surface area contributed by atoms with Gasteiger partial charge in [-0.15, -0.1) is 0 Å². The summed E-state index contributed by atoms with van der Waals surface area (Å²) in [6.45, 7) is 2.72. The number of aliphatic hydroxyl groups excluding tert-OH is 1. The first-order valence-corrected chi connectivity index (χ1v) is 4.57. The van der Waals surface area contributed by atoms with Crippen LogP contribution in [0.25, 0.3) is 0 Å². The standard InChI is InChI=1S/C10H14FNO/c1-10(6-13)5-12-9-3-2-7(11)4-8(9)10/h3-4,7,12-13H,2,5-6H2,1H3. The maximum absolute atomic E-state index is 13.1. The van der Waals surface area contributed by atoms with Crippen molar-refractivity contribution in [3.8, 4) is 0 Å². The lowest BCUT2D eigenvalue weighted by molar-refractivity contribution is 0.188. The molecule has 1 saturated heterocycles. The van der Waals surface area contributed by atoms with E-state index in [9.17, 15) is 9.50 Å². The number of alkyl halides is 1. The van der Waals surface area contributed by atoms with Gasteiger partial charge in [0, 0.05) is 24.1 Å². The van der Waals surface area contributed by atoms with E-state index >= 15 is 0 Å². The van der Waals surface area contributed by atoms with Crippen LogP contribution >= 0.6 is 0 Å². The van der Waals surface area contributed by atoms with Crippen LogP contribution in [-0.4, -0.2) is 24.4 Å². The molecule has 1 heterocycles. The molecule has 0 spiro atoms. The number of rotatable bonds is 1. The zero-order chi connectivity index (χ0) is 9.47. The second-order valence-electron chi connectivity index (χ2n) is 4.02. The molecule has 0 bridgehead atoms. The molecule has 0 amide bonds. The minimum absolute atomic E-state index is 0.0654. The van der Waals surface area contributed by atoms with Crippen LogP contribution in [0.2, 0.25) is 0 Å². The summed E-state index contributed by atoms with van der Waals surface area (Å²) >= 11 is 0. The van der Waals surface area contributed by atoms with Crippen molar-refractivity contribution in [3.63, 3.8) is 0 Å². The predicted octanol–water partition coefficient (Wildman–Crippen LogP) is 1.14. The largest absolute Gasteiger partial charge is 0.395 e. The normalized spacial score (nSPS) is 37.6. The lowest BCUT2D eigenvalue weighted by atomic mass is 9.82. The smallest absolute Gasteiger partial charge is 0.122 e. The zero-order valence-corrected chi connectivity index (χ0v) is 7.68. The van der Waals surface area contributed by atoms with E-state index in [2.05, 4.69) is 5.32 Å². The summed E-state index contributed by atoms with van der Waals surface area (Å²) in [7, 11) is 0. The number of fused-ring (bicyclic) bond motifs is 1. The SMILES string of the molecule is CC1(CO)CNC2=CCC(F)C=C21. The summed E-state index contributed by atoms with van der Waals surface area (Å²) in [4.78, 5) is 0. The number of aliphatic hydroxyl groups is 1. The first-order valence-electron chi connectivity index (χ1n) is 4.57. The Balaban J connectivity index is 2.35. The molecule has 2 rings (SSSR count). The number of halogens is 1. The van der Waals surface area contributed by atoms with Gasteiger partial charge in [-0.3, -0.25) is 0 Å². The first-order chi connectivity index (χ1) is 6.15. The van der Waals surface area contributed by atoms with Crippen LogP contribution in [0.1, 0.15) is 13.3 Å². The van der Waals surface area contributed by atoms with Crippen molar-refractivity contribution in [1.29, 1.82) is 0 Å². The van der Waals surface area contributed by atoms with Gasteiger partial charge in [-0.25, -0.2) is 4.39 Å². The van der Waals surface area contributed by atoms with E-state index in [0.29, 0.717) is 13.0 Å². The Labute approximate surface area is 77.1 Å². The lowest BCUT2D eigenvalue weighted by Crippen LogP contribution is -2.26. The maximum Gasteiger partial charge on any atom is 0.122 e. The molecule has 0 aromatic rings. The van der Waals surface area contributed by atoms with Gasteiger partial charge in [0.25, 0.3) is 0 Å². The Kier molecular flexibility index (Phi) is 1.91. The predicted molar refractivity (Wildman–Crippen MR) is 48.9 cm³/mol. The monoisotopic (exact) mass is 183 g/mol. The zero-order valence-electron chi connectivity index (χ0n) is 7.68. The number of nitrogens with one attached hydrogen (secondary N) is 1. The van der Waals surface area contributed by atoms with E-state index in [1.54, 1.807) is 6.08 Å². The second kappa shape index (κ2) is 2.84. The van der Waals surface area contributed by atoms with Crippen molar-refractivity contribution in [1.82, 2.24) is 5.32 Å². The van der Waals surface area contributed by atoms with Crippen LogP contribution < -0.4 is 5.32 Å². The number of hydrogen-bond donors (Lipinski definition) is 2. The van der Waals surface area contributed by atoms with E-state index in [1.165, 1.54) is 0 Å². The average Bonchev–Trinajstić information content (AvgIpc) is 2.45. The van der Waals surface area contributed by atoms with Gasteiger partial charge in [0.05, 0.1) is 6.61 Å². The number of allylic oxidation sites excluding steroid dienone is 3. The van der Waals surface area contributed by atoms with Gasteiger partial charge < -0.3 is 10.4 Å². The van der Waals surface area contributed by atoms with Gasteiger partial charge in [-0.1, -0.05) is 13.0 Å². The summed E-state index contributed by atoms with van der Waals surface area (Å²) in [5, 5.41) is 12.4. The van der Waals surface area contributed by atoms with Crippen molar-refractivity contribution in [3.05, 3.63) is 23.4 Å². The van der Waals surface area contributed by atoms with Gasteiger partial charge in [-0.2, -0.15) is 0 Å². The molecule has 1 aliphatic carbocycles. The fourth-order valence-corrected chi connectivity index (χ4v) is 1.90. The van der Waals surface area contributed by atoms with Crippen LogP contribution in [-0.2, 0) is 0 Å². The highest BCUT2D eigenvalue weighted by molar-refractivity contribution is 5.43. The maximum atomic E-state index is 13.1. The molecule has 72 valence electrons. The summed E-state index contributed by atoms with van der Waals surface area (Å²) in [5.74, 6) is 0. The van der Waals surface area contributed by atoms with Crippen LogP contribution in [0, 0.1) is 5.41 Å². The first kappa shape index (κ1) is 8.75. The van der Waals surface area contributed by atoms with Crippen molar-refractivity contribution in [2.45, 2.75) is 19.5 Å². The van der Waals surface area contributed by atoms with E-state index < -0.39 is 6.17 Å². The molecule has 3 heteroatoms. The van der Waals surface area contributed by atoms with Gasteiger partial charge in [0.1, 0.15) is 6.17 Å². The summed E-state index contributed by atoms with van der Waals surface area (Å²) in [6.07, 6.45) is 3.07. The summed E-state index contributed by atoms with van der Waals surface area (Å²) in [6, 6.07) is 0. The fraction of sp³-hybridized carbons (Fsp3) is 0.600. The van der Waals surface area contributed by atoms with Crippen molar-refractivity contribution >= 4 is 0 Å². The minimum Gasteiger partial charge on any atom is -0.395 e. The van der Waals surface area contributed by atoms with Crippen LogP contribution in [0.3, 0.4) is 0 Å². The van der Waals surface area contributed by atoms with Crippen LogP contribution in [0.4, 0.5) is 4.39 Å². The van der Waals surface area contributed by atoms with Gasteiger partial charge in [0.2, 0.25) is 0 Å². The topological polar surface area (TPSA) is 32.3 Å². The van der Waals surface area contributed by atoms with E-state index in [1.807, 2.05) is 13.0 Å². The average molecular weight is 183 g/mol. The second-order valence-corrected chi connectivity index (χ2v) is 4.02. The molecular weight excluding hydrogens is 169 g/mol. The summed E-state index contributed by atoms with van der Waals surface area (Å²) in [5.41, 5.74) is 1.65. The molecule has 0 radical (unpaired) electrons. The molecule has 2 atom stereocenters. The quantitative estimate of drug-likeness (QED) is 0.639. The number of hydrogen-bond acceptors (Lipinski definition) is 2. The third kappa shape index (κ3) is 1.27. The third-order valence-corrected chi connectivity index (χ3v) is 2.85.